The summed E-state index contributed by atoms with van der Waals surface area (Å²) in [7, 11) is 0. The molecule has 6 aromatic carbocycles. The van der Waals surface area contributed by atoms with Crippen LogP contribution in [-0.2, 0) is 79.8 Å². The van der Waals surface area contributed by atoms with Crippen molar-refractivity contribution in [2.24, 2.45) is 17.6 Å². The summed E-state index contributed by atoms with van der Waals surface area (Å²) < 4.78 is 133. The Hall–Kier alpha value is -8.19. The summed E-state index contributed by atoms with van der Waals surface area (Å²) in [6.45, 7) is 4.99. The summed E-state index contributed by atoms with van der Waals surface area (Å²) >= 11 is 3.42. The Morgan fingerprint density at radius 1 is 0.538 bits per heavy atom. The molecule has 4 heterocycles. The molecule has 6 aromatic rings. The quantitative estimate of drug-likeness (QED) is 0.0691. The average molecular weight is 1370 g/mol. The van der Waals surface area contributed by atoms with Crippen LogP contribution in [0.5, 0.6) is 0 Å². The molecular formula is C68H71BrF9N7O8. The molecule has 6 atom stereocenters. The van der Waals surface area contributed by atoms with Gasteiger partial charge in [0, 0.05) is 30.7 Å². The molecule has 496 valence electrons. The minimum absolute atomic E-state index is 0.00141. The van der Waals surface area contributed by atoms with Crippen LogP contribution < -0.4 is 5.73 Å². The predicted octanol–water partition coefficient (Wildman–Crippen LogP) is 13.2. The largest absolute Gasteiger partial charge is 0.444 e. The number of nitrogens with two attached hydrogens (primary N) is 1. The van der Waals surface area contributed by atoms with Crippen molar-refractivity contribution in [1.29, 1.82) is 0 Å². The van der Waals surface area contributed by atoms with Gasteiger partial charge in [0.15, 0.2) is 0 Å². The van der Waals surface area contributed by atoms with Crippen LogP contribution in [0.25, 0.3) is 10.8 Å². The number of benzene rings is 6. The van der Waals surface area contributed by atoms with E-state index in [1.54, 1.807) is 29.7 Å². The molecule has 93 heavy (non-hydrogen) atoms. The molecule has 0 aliphatic carbocycles. The molecule has 2 N–H and O–H groups in total. The summed E-state index contributed by atoms with van der Waals surface area (Å²) in [4.78, 5) is 91.7. The molecule has 4 fully saturated rings. The number of aryl methyl sites for hydroxylation is 1. The third-order valence-electron chi connectivity index (χ3n) is 17.1. The topological polar surface area (TPSA) is 166 Å². The zero-order valence-electron chi connectivity index (χ0n) is 51.3. The lowest BCUT2D eigenvalue weighted by Gasteiger charge is -2.53. The second-order valence-corrected chi connectivity index (χ2v) is 24.8. The molecule has 0 unspecified atom stereocenters. The van der Waals surface area contributed by atoms with Crippen molar-refractivity contribution in [2.75, 3.05) is 39.3 Å². The van der Waals surface area contributed by atoms with Crippen LogP contribution >= 0.6 is 15.9 Å². The highest BCUT2D eigenvalue weighted by molar-refractivity contribution is 9.10. The van der Waals surface area contributed by atoms with Gasteiger partial charge >= 0.3 is 30.7 Å². The van der Waals surface area contributed by atoms with Gasteiger partial charge in [-0.1, -0.05) is 126 Å². The van der Waals surface area contributed by atoms with Gasteiger partial charge in [-0.3, -0.25) is 29.0 Å². The van der Waals surface area contributed by atoms with Crippen molar-refractivity contribution < 1.29 is 77.8 Å². The van der Waals surface area contributed by atoms with Crippen LogP contribution in [0.4, 0.5) is 49.1 Å². The molecule has 4 saturated heterocycles. The van der Waals surface area contributed by atoms with Gasteiger partial charge in [0.1, 0.15) is 37.6 Å². The summed E-state index contributed by atoms with van der Waals surface area (Å²) in [6.07, 6.45) is -14.3. The smallest absolute Gasteiger partial charge is 0.416 e. The van der Waals surface area contributed by atoms with E-state index in [9.17, 15) is 68.3 Å². The van der Waals surface area contributed by atoms with Crippen molar-refractivity contribution in [3.63, 3.8) is 0 Å². The number of carbonyl (C=O) groups excluding carboxylic acids is 6. The van der Waals surface area contributed by atoms with E-state index in [1.807, 2.05) is 104 Å². The van der Waals surface area contributed by atoms with Gasteiger partial charge < -0.3 is 34.8 Å². The van der Waals surface area contributed by atoms with Crippen LogP contribution in [0.3, 0.4) is 0 Å². The summed E-state index contributed by atoms with van der Waals surface area (Å²) in [6, 6.07) is 32.8. The number of unbranched alkanes of at least 4 members (excludes halogenated alkanes) is 2. The molecule has 0 aromatic heterocycles. The number of carbonyl (C=O) groups is 6. The lowest BCUT2D eigenvalue weighted by Crippen LogP contribution is -2.73. The number of hydrogen-bond donors (Lipinski definition) is 1. The van der Waals surface area contributed by atoms with Crippen molar-refractivity contribution in [3.8, 4) is 0 Å². The number of amides is 6. The monoisotopic (exact) mass is 1360 g/mol. The first-order valence-electron chi connectivity index (χ1n) is 30.6. The lowest BCUT2D eigenvalue weighted by molar-refractivity contribution is -0.173. The molecular weight excluding hydrogens is 1290 g/mol. The van der Waals surface area contributed by atoms with Gasteiger partial charge in [0.05, 0.1) is 41.6 Å². The summed E-state index contributed by atoms with van der Waals surface area (Å²) in [5.74, 6) is -2.48. The first kappa shape index (κ1) is 69.2. The maximum Gasteiger partial charge on any atom is 0.416 e. The standard InChI is InChI=1S/C36H31F6N3O4.C32H40BrF3N4O4/c1-22-32(46)43(18-23-7-3-2-4-8-23)20-31-44(34(48)49-21-25-15-29(35(37,38)39)17-30(16-25)36(40,41)42)19-28(33(47)45(22)31)14-24-11-12-26-9-5-6-10-27(26)13-24;1-3-4-13-38-19-28-39(31(43)44-20-23-14-21(2)15-25(17-23)32(34,35)36)18-24(16-22-8-10-26(33)11-9-22)29(41)40(28)27(30(38)42)7-5-6-12-37/h2-13,15-17,22,28,31H,14,18-21H2,1H3;8-11,14-15,17,24,27-28H,3-7,12-13,16,18-20,37H2,1-2H3/t22-,28-,31+;24-,27-,28+/m00/s1. The lowest BCUT2D eigenvalue weighted by atomic mass is 9.90. The Morgan fingerprint density at radius 3 is 1.63 bits per heavy atom. The van der Waals surface area contributed by atoms with E-state index in [0.29, 0.717) is 56.5 Å². The molecule has 0 saturated carbocycles. The van der Waals surface area contributed by atoms with Crippen LogP contribution in [0.1, 0.15) is 96.0 Å². The first-order valence-corrected chi connectivity index (χ1v) is 31.4. The molecule has 4 aliphatic heterocycles. The number of hydrogen-bond acceptors (Lipinski definition) is 9. The molecule has 6 amide bonds. The number of halogens is 10. The number of fused-ring (bicyclic) bond motifs is 3. The minimum Gasteiger partial charge on any atom is -0.444 e. The Balaban J connectivity index is 0.000000221. The molecule has 0 radical (unpaired) electrons. The third-order valence-corrected chi connectivity index (χ3v) is 17.6. The Morgan fingerprint density at radius 2 is 1.05 bits per heavy atom. The zero-order chi connectivity index (χ0) is 67.1. The molecule has 25 heteroatoms. The number of alkyl halides is 9. The minimum atomic E-state index is -5.07. The van der Waals surface area contributed by atoms with E-state index < -0.39 is 95.8 Å². The normalized spacial score (nSPS) is 20.3. The second-order valence-electron chi connectivity index (χ2n) is 23.9. The predicted molar refractivity (Wildman–Crippen MR) is 330 cm³/mol. The van der Waals surface area contributed by atoms with Gasteiger partial charge in [-0.2, -0.15) is 39.5 Å². The Labute approximate surface area is 540 Å². The van der Waals surface area contributed by atoms with Crippen molar-refractivity contribution in [3.05, 3.63) is 188 Å². The van der Waals surface area contributed by atoms with Gasteiger partial charge in [-0.15, -0.1) is 0 Å². The SMILES string of the molecule is CCCCN1C[C@@H]2N(C(=O)OCc3cc(C)cc(C(F)(F)F)c3)C[C@H](Cc3ccc(Br)cc3)C(=O)N2[C@@H](CCCCN)C1=O.C[C@H]1C(=O)N(Cc2ccccc2)C[C@@H]2N(C(=O)OCc3cc(C(F)(F)F)cc(C(F)(F)F)c3)C[C@H](Cc3ccc4ccccc4c3)C(=O)N21. The molecule has 10 rings (SSSR count). The number of rotatable bonds is 17. The number of ether oxygens (including phenoxy) is 2. The number of nitrogens with zero attached hydrogens (tertiary/aromatic N) is 6. The van der Waals surface area contributed by atoms with Gasteiger partial charge in [0.2, 0.25) is 23.6 Å². The van der Waals surface area contributed by atoms with Crippen LogP contribution in [-0.4, -0.2) is 129 Å². The van der Waals surface area contributed by atoms with Crippen molar-refractivity contribution >= 4 is 62.5 Å². The van der Waals surface area contributed by atoms with E-state index in [-0.39, 0.29) is 81.0 Å². The van der Waals surface area contributed by atoms with Crippen molar-refractivity contribution in [2.45, 2.75) is 128 Å². The molecule has 0 spiro atoms. The highest BCUT2D eigenvalue weighted by Crippen LogP contribution is 2.39. The Kier molecular flexibility index (Phi) is 21.9. The fourth-order valence-electron chi connectivity index (χ4n) is 12.5. The maximum absolute atomic E-state index is 14.1. The summed E-state index contributed by atoms with van der Waals surface area (Å²) in [5.41, 5.74) is 4.45. The first-order chi connectivity index (χ1) is 44.1. The highest BCUT2D eigenvalue weighted by atomic mass is 79.9. The molecule has 0 bridgehead atoms. The molecule has 4 aliphatic rings. The van der Waals surface area contributed by atoms with E-state index in [1.165, 1.54) is 19.6 Å². The number of piperazine rings is 2. The van der Waals surface area contributed by atoms with E-state index >= 15 is 0 Å². The van der Waals surface area contributed by atoms with E-state index in [0.717, 1.165) is 56.9 Å². The summed E-state index contributed by atoms with van der Waals surface area (Å²) in [5, 5.41) is 1.93. The van der Waals surface area contributed by atoms with Crippen LogP contribution in [0, 0.1) is 18.8 Å². The Bertz CT molecular complexity index is 3640. The maximum atomic E-state index is 14.1. The second kappa shape index (κ2) is 29.4. The van der Waals surface area contributed by atoms with Crippen LogP contribution in [0.2, 0.25) is 0 Å². The fourth-order valence-corrected chi connectivity index (χ4v) is 12.8. The highest BCUT2D eigenvalue weighted by Gasteiger charge is 2.53. The van der Waals surface area contributed by atoms with Gasteiger partial charge in [-0.05, 0) is 140 Å². The van der Waals surface area contributed by atoms with E-state index in [2.05, 4.69) is 15.9 Å². The van der Waals surface area contributed by atoms with Gasteiger partial charge in [-0.25, -0.2) is 9.59 Å². The fraction of sp³-hybridized carbons (Fsp3) is 0.412. The van der Waals surface area contributed by atoms with E-state index in [4.69, 9.17) is 15.2 Å². The third kappa shape index (κ3) is 16.8. The van der Waals surface area contributed by atoms with Gasteiger partial charge in [0.25, 0.3) is 0 Å². The average Bonchev–Trinajstić information content (AvgIpc) is 0.757. The van der Waals surface area contributed by atoms with Crippen LogP contribution in [0.15, 0.2) is 138 Å². The van der Waals surface area contributed by atoms with Crippen molar-refractivity contribution in [1.82, 2.24) is 29.4 Å². The molecule has 15 nitrogen and oxygen atoms in total. The zero-order valence-corrected chi connectivity index (χ0v) is 52.9.